The van der Waals surface area contributed by atoms with Crippen molar-refractivity contribution in [2.75, 3.05) is 29.9 Å². The third kappa shape index (κ3) is 3.24. The van der Waals surface area contributed by atoms with Gasteiger partial charge in [-0.3, -0.25) is 0 Å². The van der Waals surface area contributed by atoms with Gasteiger partial charge in [0, 0.05) is 43.2 Å². The maximum Gasteiger partial charge on any atom is 0.151 e. The zero-order chi connectivity index (χ0) is 18.3. The van der Waals surface area contributed by atoms with Crippen LogP contribution in [0.5, 0.6) is 0 Å². The molecule has 2 aliphatic rings. The molecular formula is C20H28N6. The first kappa shape index (κ1) is 17.2. The van der Waals surface area contributed by atoms with E-state index in [1.807, 2.05) is 0 Å². The minimum absolute atomic E-state index is 0.0361. The van der Waals surface area contributed by atoms with Crippen LogP contribution in [0.2, 0.25) is 0 Å². The lowest BCUT2D eigenvalue weighted by Gasteiger charge is -2.45. The average molecular weight is 352 g/mol. The molecule has 6 nitrogen and oxygen atoms in total. The monoisotopic (exact) mass is 352 g/mol. The predicted molar refractivity (Wildman–Crippen MR) is 104 cm³/mol. The first-order chi connectivity index (χ1) is 12.4. The smallest absolute Gasteiger partial charge is 0.151 e. The molecule has 6 heteroatoms. The summed E-state index contributed by atoms with van der Waals surface area (Å²) in [5.74, 6) is 2.63. The lowest BCUT2D eigenvalue weighted by Crippen LogP contribution is -2.59. The van der Waals surface area contributed by atoms with E-state index in [0.717, 1.165) is 30.4 Å². The Morgan fingerprint density at radius 3 is 2.42 bits per heavy atom. The van der Waals surface area contributed by atoms with Crippen LogP contribution in [0.25, 0.3) is 0 Å². The lowest BCUT2D eigenvalue weighted by atomic mass is 9.83. The highest BCUT2D eigenvalue weighted by molar-refractivity contribution is 5.48. The first-order valence-corrected chi connectivity index (χ1v) is 9.56. The maximum atomic E-state index is 4.49. The van der Waals surface area contributed by atoms with E-state index in [9.17, 15) is 0 Å². The van der Waals surface area contributed by atoms with Gasteiger partial charge in [-0.1, -0.05) is 27.2 Å². The van der Waals surface area contributed by atoms with Crippen LogP contribution < -0.4 is 9.80 Å². The van der Waals surface area contributed by atoms with E-state index in [4.69, 9.17) is 0 Å². The molecule has 1 aliphatic carbocycles. The molecule has 0 amide bonds. The summed E-state index contributed by atoms with van der Waals surface area (Å²) >= 11 is 0. The Hall–Kier alpha value is -2.24. The van der Waals surface area contributed by atoms with Crippen LogP contribution in [-0.2, 0) is 5.41 Å². The molecule has 2 aromatic rings. The molecule has 0 aromatic carbocycles. The van der Waals surface area contributed by atoms with E-state index < -0.39 is 0 Å². The molecule has 0 radical (unpaired) electrons. The number of rotatable bonds is 4. The Morgan fingerprint density at radius 2 is 1.85 bits per heavy atom. The van der Waals surface area contributed by atoms with Gasteiger partial charge in [-0.15, -0.1) is 5.10 Å². The van der Waals surface area contributed by atoms with Gasteiger partial charge in [-0.2, -0.15) is 5.10 Å². The molecular weight excluding hydrogens is 324 g/mol. The molecule has 1 saturated heterocycles. The van der Waals surface area contributed by atoms with Crippen molar-refractivity contribution in [2.24, 2.45) is 0 Å². The van der Waals surface area contributed by atoms with E-state index in [2.05, 4.69) is 76.0 Å². The fourth-order valence-corrected chi connectivity index (χ4v) is 3.45. The number of likely N-dealkylation sites (N-methyl/N-ethyl adjacent to an activating group) is 1. The normalized spacial score (nSPS) is 18.4. The highest BCUT2D eigenvalue weighted by atomic mass is 15.4. The van der Waals surface area contributed by atoms with Gasteiger partial charge in [0.1, 0.15) is 12.1 Å². The minimum Gasteiger partial charge on any atom is -0.353 e. The second-order valence-electron chi connectivity index (χ2n) is 8.63. The van der Waals surface area contributed by atoms with Crippen molar-refractivity contribution in [2.45, 2.75) is 57.4 Å². The molecule has 0 bridgehead atoms. The van der Waals surface area contributed by atoms with Crippen molar-refractivity contribution in [3.8, 4) is 0 Å². The van der Waals surface area contributed by atoms with Crippen LogP contribution in [0.4, 0.5) is 11.6 Å². The summed E-state index contributed by atoms with van der Waals surface area (Å²) in [4.78, 5) is 13.5. The van der Waals surface area contributed by atoms with Crippen LogP contribution in [0.3, 0.4) is 0 Å². The Balaban J connectivity index is 1.38. The van der Waals surface area contributed by atoms with Crippen molar-refractivity contribution in [3.63, 3.8) is 0 Å². The van der Waals surface area contributed by atoms with Crippen molar-refractivity contribution < 1.29 is 0 Å². The Morgan fingerprint density at radius 1 is 1.08 bits per heavy atom. The SMILES string of the molecule is CN(c1cc(C2CCC2)ncn1)C1CN(c2ccc(C(C)(C)C)nn2)C1. The molecule has 0 spiro atoms. The quantitative estimate of drug-likeness (QED) is 0.842. The fraction of sp³-hybridized carbons (Fsp3) is 0.600. The molecule has 1 saturated carbocycles. The molecule has 2 fully saturated rings. The lowest BCUT2D eigenvalue weighted by molar-refractivity contribution is 0.410. The number of hydrogen-bond donors (Lipinski definition) is 0. The molecule has 138 valence electrons. The van der Waals surface area contributed by atoms with Crippen molar-refractivity contribution >= 4 is 11.6 Å². The van der Waals surface area contributed by atoms with E-state index in [1.54, 1.807) is 6.33 Å². The third-order valence-electron chi connectivity index (χ3n) is 5.71. The van der Waals surface area contributed by atoms with Crippen molar-refractivity contribution in [1.82, 2.24) is 20.2 Å². The fourth-order valence-electron chi connectivity index (χ4n) is 3.45. The first-order valence-electron chi connectivity index (χ1n) is 9.56. The topological polar surface area (TPSA) is 58.0 Å². The molecule has 1 aliphatic heterocycles. The second kappa shape index (κ2) is 6.49. The Bertz CT molecular complexity index is 757. The summed E-state index contributed by atoms with van der Waals surface area (Å²) < 4.78 is 0. The van der Waals surface area contributed by atoms with Gasteiger partial charge in [0.2, 0.25) is 0 Å². The van der Waals surface area contributed by atoms with E-state index in [-0.39, 0.29) is 5.41 Å². The van der Waals surface area contributed by atoms with Crippen LogP contribution in [0.15, 0.2) is 24.5 Å². The molecule has 0 atom stereocenters. The molecule has 3 heterocycles. The number of anilines is 2. The minimum atomic E-state index is 0.0361. The summed E-state index contributed by atoms with van der Waals surface area (Å²) in [6.45, 7) is 8.37. The molecule has 0 unspecified atom stereocenters. The summed E-state index contributed by atoms with van der Waals surface area (Å²) in [6, 6.07) is 6.80. The molecule has 26 heavy (non-hydrogen) atoms. The molecule has 4 rings (SSSR count). The Kier molecular flexibility index (Phi) is 4.29. The van der Waals surface area contributed by atoms with E-state index in [0.29, 0.717) is 12.0 Å². The summed E-state index contributed by atoms with van der Waals surface area (Å²) in [5, 5.41) is 8.82. The van der Waals surface area contributed by atoms with Gasteiger partial charge in [-0.05, 0) is 25.0 Å². The highest BCUT2D eigenvalue weighted by Crippen LogP contribution is 2.36. The zero-order valence-electron chi connectivity index (χ0n) is 16.2. The van der Waals surface area contributed by atoms with Gasteiger partial charge >= 0.3 is 0 Å². The summed E-state index contributed by atoms with van der Waals surface area (Å²) in [6.07, 6.45) is 5.57. The van der Waals surface area contributed by atoms with Gasteiger partial charge in [0.15, 0.2) is 5.82 Å². The van der Waals surface area contributed by atoms with E-state index >= 15 is 0 Å². The number of hydrogen-bond acceptors (Lipinski definition) is 6. The van der Waals surface area contributed by atoms with Gasteiger partial charge in [0.05, 0.1) is 11.7 Å². The van der Waals surface area contributed by atoms with Gasteiger partial charge in [-0.25, -0.2) is 9.97 Å². The predicted octanol–water partition coefficient (Wildman–Crippen LogP) is 3.16. The zero-order valence-corrected chi connectivity index (χ0v) is 16.2. The van der Waals surface area contributed by atoms with E-state index in [1.165, 1.54) is 25.0 Å². The summed E-state index contributed by atoms with van der Waals surface area (Å²) in [5.41, 5.74) is 2.27. The van der Waals surface area contributed by atoms with Crippen LogP contribution in [0.1, 0.15) is 57.3 Å². The van der Waals surface area contributed by atoms with Crippen LogP contribution in [0, 0.1) is 0 Å². The Labute approximate surface area is 155 Å². The van der Waals surface area contributed by atoms with Crippen molar-refractivity contribution in [1.29, 1.82) is 0 Å². The standard InChI is InChI=1S/C20H28N6/c1-20(2,3)17-8-9-18(24-23-17)26-11-15(12-26)25(4)19-10-16(21-13-22-19)14-6-5-7-14/h8-10,13-15H,5-7,11-12H2,1-4H3. The van der Waals surface area contributed by atoms with Gasteiger partial charge in [0.25, 0.3) is 0 Å². The maximum absolute atomic E-state index is 4.49. The average Bonchev–Trinajstić information content (AvgIpc) is 2.52. The van der Waals surface area contributed by atoms with Crippen LogP contribution in [-0.4, -0.2) is 46.3 Å². The second-order valence-corrected chi connectivity index (χ2v) is 8.63. The third-order valence-corrected chi connectivity index (χ3v) is 5.71. The van der Waals surface area contributed by atoms with Crippen molar-refractivity contribution in [3.05, 3.63) is 35.9 Å². The molecule has 0 N–H and O–H groups in total. The summed E-state index contributed by atoms with van der Waals surface area (Å²) in [7, 11) is 2.13. The van der Waals surface area contributed by atoms with Crippen LogP contribution >= 0.6 is 0 Å². The highest BCUT2D eigenvalue weighted by Gasteiger charge is 2.32. The number of nitrogens with zero attached hydrogens (tertiary/aromatic N) is 6. The van der Waals surface area contributed by atoms with Gasteiger partial charge < -0.3 is 9.80 Å². The number of aromatic nitrogens is 4. The largest absolute Gasteiger partial charge is 0.353 e. The molecule has 2 aromatic heterocycles.